The van der Waals surface area contributed by atoms with Gasteiger partial charge in [0.15, 0.2) is 0 Å². The first-order valence-corrected chi connectivity index (χ1v) is 6.16. The molecule has 0 aliphatic carbocycles. The zero-order valence-corrected chi connectivity index (χ0v) is 10.9. The molecule has 0 fully saturated rings. The van der Waals surface area contributed by atoms with Crippen LogP contribution in [0.4, 0.5) is 0 Å². The minimum Gasteiger partial charge on any atom is -0.497 e. The number of para-hydroxylation sites is 2. The van der Waals surface area contributed by atoms with Crippen molar-refractivity contribution in [2.45, 2.75) is 6.92 Å². The van der Waals surface area contributed by atoms with Crippen LogP contribution in [0.5, 0.6) is 5.75 Å². The molecule has 3 rings (SSSR count). The summed E-state index contributed by atoms with van der Waals surface area (Å²) in [6, 6.07) is 15.8. The first kappa shape index (κ1) is 11.7. The Morgan fingerprint density at radius 3 is 2.37 bits per heavy atom. The van der Waals surface area contributed by atoms with E-state index >= 15 is 0 Å². The fraction of sp³-hybridized carbons (Fsp3) is 0.125. The van der Waals surface area contributed by atoms with Crippen molar-refractivity contribution in [1.29, 1.82) is 0 Å². The summed E-state index contributed by atoms with van der Waals surface area (Å²) in [6.07, 6.45) is 0. The minimum absolute atomic E-state index is 0.826. The number of rotatable bonds is 2. The number of methoxy groups -OCH3 is 1. The van der Waals surface area contributed by atoms with Crippen molar-refractivity contribution in [3.8, 4) is 17.0 Å². The van der Waals surface area contributed by atoms with Gasteiger partial charge in [-0.25, -0.2) is 9.97 Å². The second kappa shape index (κ2) is 4.69. The van der Waals surface area contributed by atoms with Gasteiger partial charge < -0.3 is 4.74 Å². The van der Waals surface area contributed by atoms with Gasteiger partial charge in [-0.15, -0.1) is 0 Å². The minimum atomic E-state index is 0.826. The molecule has 0 spiro atoms. The lowest BCUT2D eigenvalue weighted by Crippen LogP contribution is -1.94. The molecular weight excluding hydrogens is 236 g/mol. The van der Waals surface area contributed by atoms with E-state index in [0.717, 1.165) is 33.7 Å². The van der Waals surface area contributed by atoms with Crippen molar-refractivity contribution in [2.75, 3.05) is 7.11 Å². The topological polar surface area (TPSA) is 35.0 Å². The number of hydrogen-bond acceptors (Lipinski definition) is 3. The molecule has 0 radical (unpaired) electrons. The first-order chi connectivity index (χ1) is 9.28. The highest BCUT2D eigenvalue weighted by atomic mass is 16.5. The van der Waals surface area contributed by atoms with Gasteiger partial charge in [0.1, 0.15) is 5.75 Å². The highest BCUT2D eigenvalue weighted by Gasteiger charge is 2.08. The third-order valence-electron chi connectivity index (χ3n) is 3.09. The Balaban J connectivity index is 2.20. The molecule has 0 saturated heterocycles. The maximum Gasteiger partial charge on any atom is 0.119 e. The number of nitrogens with zero attached hydrogens (tertiary/aromatic N) is 2. The molecule has 3 aromatic rings. The average molecular weight is 250 g/mol. The van der Waals surface area contributed by atoms with Crippen LogP contribution >= 0.6 is 0 Å². The summed E-state index contributed by atoms with van der Waals surface area (Å²) in [5.74, 6) is 0.826. The molecule has 0 bridgehead atoms. The molecule has 0 unspecified atom stereocenters. The van der Waals surface area contributed by atoms with Crippen LogP contribution in [-0.4, -0.2) is 17.1 Å². The van der Waals surface area contributed by atoms with E-state index in [1.165, 1.54) is 0 Å². The van der Waals surface area contributed by atoms with Gasteiger partial charge in [0.2, 0.25) is 0 Å². The van der Waals surface area contributed by atoms with E-state index in [4.69, 9.17) is 9.72 Å². The van der Waals surface area contributed by atoms with Gasteiger partial charge in [0, 0.05) is 5.56 Å². The van der Waals surface area contributed by atoms with Gasteiger partial charge in [-0.1, -0.05) is 24.3 Å². The molecule has 3 nitrogen and oxygen atoms in total. The predicted octanol–water partition coefficient (Wildman–Crippen LogP) is 3.61. The molecule has 0 saturated carbocycles. The third-order valence-corrected chi connectivity index (χ3v) is 3.09. The van der Waals surface area contributed by atoms with Crippen LogP contribution in [0.1, 0.15) is 5.69 Å². The van der Waals surface area contributed by atoms with E-state index in [9.17, 15) is 0 Å². The van der Waals surface area contributed by atoms with Crippen LogP contribution in [0.15, 0.2) is 48.5 Å². The van der Waals surface area contributed by atoms with Crippen molar-refractivity contribution in [2.24, 2.45) is 0 Å². The number of aryl methyl sites for hydroxylation is 1. The Kier molecular flexibility index (Phi) is 2.88. The molecule has 19 heavy (non-hydrogen) atoms. The number of fused-ring (bicyclic) bond motifs is 1. The van der Waals surface area contributed by atoms with Crippen molar-refractivity contribution < 1.29 is 4.74 Å². The molecule has 1 aromatic heterocycles. The summed E-state index contributed by atoms with van der Waals surface area (Å²) in [5, 5.41) is 0. The van der Waals surface area contributed by atoms with Crippen LogP contribution < -0.4 is 4.74 Å². The van der Waals surface area contributed by atoms with E-state index in [0.29, 0.717) is 0 Å². The van der Waals surface area contributed by atoms with Crippen LogP contribution in [0, 0.1) is 6.92 Å². The largest absolute Gasteiger partial charge is 0.497 e. The lowest BCUT2D eigenvalue weighted by Gasteiger charge is -2.08. The quantitative estimate of drug-likeness (QED) is 0.696. The third kappa shape index (κ3) is 2.15. The van der Waals surface area contributed by atoms with E-state index in [1.807, 2.05) is 55.5 Å². The summed E-state index contributed by atoms with van der Waals surface area (Å²) in [4.78, 5) is 9.31. The Morgan fingerprint density at radius 1 is 0.895 bits per heavy atom. The summed E-state index contributed by atoms with van der Waals surface area (Å²) in [5.41, 5.74) is 4.68. The molecule has 0 aliphatic heterocycles. The van der Waals surface area contributed by atoms with E-state index < -0.39 is 0 Å². The van der Waals surface area contributed by atoms with Crippen molar-refractivity contribution in [1.82, 2.24) is 9.97 Å². The zero-order chi connectivity index (χ0) is 13.2. The van der Waals surface area contributed by atoms with Gasteiger partial charge in [-0.2, -0.15) is 0 Å². The number of hydrogen-bond donors (Lipinski definition) is 0. The summed E-state index contributed by atoms with van der Waals surface area (Å²) in [7, 11) is 1.66. The Morgan fingerprint density at radius 2 is 1.63 bits per heavy atom. The second-order valence-electron chi connectivity index (χ2n) is 4.38. The molecule has 0 aliphatic rings. The summed E-state index contributed by atoms with van der Waals surface area (Å²) < 4.78 is 5.26. The Hall–Kier alpha value is -2.42. The van der Waals surface area contributed by atoms with Crippen molar-refractivity contribution in [3.63, 3.8) is 0 Å². The normalized spacial score (nSPS) is 10.6. The van der Waals surface area contributed by atoms with Crippen LogP contribution in [0.2, 0.25) is 0 Å². The van der Waals surface area contributed by atoms with E-state index in [-0.39, 0.29) is 0 Å². The number of aromatic nitrogens is 2. The summed E-state index contributed by atoms with van der Waals surface area (Å²) in [6.45, 7) is 1.98. The SMILES string of the molecule is COc1cccc(-c2nc3ccccc3nc2C)c1. The molecule has 2 aromatic carbocycles. The Bertz CT molecular complexity index is 738. The van der Waals surface area contributed by atoms with Crippen LogP contribution in [0.25, 0.3) is 22.3 Å². The highest BCUT2D eigenvalue weighted by Crippen LogP contribution is 2.25. The summed E-state index contributed by atoms with van der Waals surface area (Å²) >= 11 is 0. The molecule has 3 heteroatoms. The molecule has 94 valence electrons. The van der Waals surface area contributed by atoms with Gasteiger partial charge in [0.05, 0.1) is 29.5 Å². The number of ether oxygens (including phenoxy) is 1. The highest BCUT2D eigenvalue weighted by molar-refractivity contribution is 5.78. The van der Waals surface area contributed by atoms with Gasteiger partial charge in [-0.05, 0) is 31.2 Å². The fourth-order valence-corrected chi connectivity index (χ4v) is 2.13. The average Bonchev–Trinajstić information content (AvgIpc) is 2.46. The van der Waals surface area contributed by atoms with Gasteiger partial charge in [-0.3, -0.25) is 0 Å². The number of benzene rings is 2. The molecule has 0 N–H and O–H groups in total. The molecular formula is C16H14N2O. The Labute approximate surface area is 111 Å². The molecule has 1 heterocycles. The predicted molar refractivity (Wildman–Crippen MR) is 76.3 cm³/mol. The van der Waals surface area contributed by atoms with Crippen molar-refractivity contribution in [3.05, 3.63) is 54.2 Å². The van der Waals surface area contributed by atoms with Crippen molar-refractivity contribution >= 4 is 11.0 Å². The standard InChI is InChI=1S/C16H14N2O/c1-11-16(12-6-5-7-13(10-12)19-2)18-15-9-4-3-8-14(15)17-11/h3-10H,1-2H3. The maximum absolute atomic E-state index is 5.26. The van der Waals surface area contributed by atoms with Gasteiger partial charge in [0.25, 0.3) is 0 Å². The van der Waals surface area contributed by atoms with Crippen LogP contribution in [-0.2, 0) is 0 Å². The lowest BCUT2D eigenvalue weighted by atomic mass is 10.1. The monoisotopic (exact) mass is 250 g/mol. The fourth-order valence-electron chi connectivity index (χ4n) is 2.13. The first-order valence-electron chi connectivity index (χ1n) is 6.16. The molecule has 0 amide bonds. The van der Waals surface area contributed by atoms with Crippen LogP contribution in [0.3, 0.4) is 0 Å². The second-order valence-corrected chi connectivity index (χ2v) is 4.38. The lowest BCUT2D eigenvalue weighted by molar-refractivity contribution is 0.415. The zero-order valence-electron chi connectivity index (χ0n) is 10.9. The smallest absolute Gasteiger partial charge is 0.119 e. The maximum atomic E-state index is 5.26. The molecule has 0 atom stereocenters. The van der Waals surface area contributed by atoms with Gasteiger partial charge >= 0.3 is 0 Å². The van der Waals surface area contributed by atoms with E-state index in [1.54, 1.807) is 7.11 Å². The van der Waals surface area contributed by atoms with E-state index in [2.05, 4.69) is 4.98 Å².